The van der Waals surface area contributed by atoms with Crippen molar-refractivity contribution in [1.82, 2.24) is 20.2 Å². The third-order valence-corrected chi connectivity index (χ3v) is 6.97. The summed E-state index contributed by atoms with van der Waals surface area (Å²) in [5.41, 5.74) is -4.28. The van der Waals surface area contributed by atoms with E-state index in [-0.39, 0.29) is 16.1 Å². The Morgan fingerprint density at radius 3 is 2.54 bits per heavy atom. The molecule has 1 atom stereocenters. The number of aromatic nitrogens is 4. The minimum Gasteiger partial charge on any atom is -0.403 e. The van der Waals surface area contributed by atoms with E-state index in [0.717, 1.165) is 13.1 Å². The number of anilines is 1. The number of carbonyl (C=O) groups excluding carboxylic acids is 1. The minimum atomic E-state index is -4.95. The van der Waals surface area contributed by atoms with Gasteiger partial charge in [0, 0.05) is 23.0 Å². The van der Waals surface area contributed by atoms with Gasteiger partial charge in [0.05, 0.1) is 20.9 Å². The predicted octanol–water partition coefficient (Wildman–Crippen LogP) is 4.18. The molecule has 1 aliphatic rings. The quantitative estimate of drug-likeness (QED) is 0.311. The molecule has 2 heterocycles. The molecule has 0 radical (unpaired) electrons. The van der Waals surface area contributed by atoms with Crippen molar-refractivity contribution < 1.29 is 36.4 Å². The summed E-state index contributed by atoms with van der Waals surface area (Å²) in [4.78, 5) is 20.5. The van der Waals surface area contributed by atoms with Crippen LogP contribution in [0.2, 0.25) is 0 Å². The molecular formula is C22H20F4N6O4S. The van der Waals surface area contributed by atoms with E-state index in [1.54, 1.807) is 0 Å². The van der Waals surface area contributed by atoms with Gasteiger partial charge in [0.2, 0.25) is 5.95 Å². The van der Waals surface area contributed by atoms with Crippen LogP contribution >= 0.6 is 0 Å². The molecule has 3 N–H and O–H groups in total. The number of nitrogens with one attached hydrogen (secondary N) is 2. The maximum Gasteiger partial charge on any atom is 0.435 e. The summed E-state index contributed by atoms with van der Waals surface area (Å²) in [7, 11) is -3.14. The number of nitrogens with zero attached hydrogens (tertiary/aromatic N) is 4. The SMILES string of the molecule is Cc1c(C(F)(F)F)nnc(Oc2ncc(C3(O)CCC3)c(F)n2)c1C(=O)Nc1cccc(S(C)(=N)=O)c1. The molecule has 15 heteroatoms. The van der Waals surface area contributed by atoms with Crippen LogP contribution in [0.1, 0.15) is 46.4 Å². The molecule has 37 heavy (non-hydrogen) atoms. The number of rotatable bonds is 6. The Morgan fingerprint density at radius 2 is 1.97 bits per heavy atom. The van der Waals surface area contributed by atoms with Crippen molar-refractivity contribution in [2.45, 2.75) is 42.9 Å². The average Bonchev–Trinajstić information content (AvgIpc) is 2.76. The fourth-order valence-electron chi connectivity index (χ4n) is 3.69. The molecule has 1 amide bonds. The average molecular weight is 540 g/mol. The fourth-order valence-corrected chi connectivity index (χ4v) is 4.38. The van der Waals surface area contributed by atoms with E-state index in [1.807, 2.05) is 0 Å². The highest BCUT2D eigenvalue weighted by molar-refractivity contribution is 7.91. The summed E-state index contributed by atoms with van der Waals surface area (Å²) in [6.07, 6.45) is -1.47. The Labute approximate surface area is 208 Å². The summed E-state index contributed by atoms with van der Waals surface area (Å²) in [5.74, 6) is -2.92. The largest absolute Gasteiger partial charge is 0.435 e. The number of alkyl halides is 3. The Morgan fingerprint density at radius 1 is 1.27 bits per heavy atom. The van der Waals surface area contributed by atoms with Gasteiger partial charge >= 0.3 is 12.2 Å². The van der Waals surface area contributed by atoms with E-state index in [2.05, 4.69) is 25.5 Å². The van der Waals surface area contributed by atoms with Gasteiger partial charge in [-0.15, -0.1) is 10.2 Å². The van der Waals surface area contributed by atoms with Crippen LogP contribution in [0.4, 0.5) is 23.2 Å². The van der Waals surface area contributed by atoms with Gasteiger partial charge in [0.25, 0.3) is 11.8 Å². The van der Waals surface area contributed by atoms with Gasteiger partial charge < -0.3 is 15.2 Å². The lowest BCUT2D eigenvalue weighted by atomic mass is 9.76. The molecule has 4 rings (SSSR count). The molecule has 1 aromatic carbocycles. The van der Waals surface area contributed by atoms with Crippen LogP contribution in [-0.2, 0) is 21.5 Å². The molecule has 1 saturated carbocycles. The van der Waals surface area contributed by atoms with Crippen molar-refractivity contribution in [2.75, 3.05) is 11.6 Å². The van der Waals surface area contributed by atoms with Crippen molar-refractivity contribution >= 4 is 21.3 Å². The highest BCUT2D eigenvalue weighted by atomic mass is 32.2. The smallest absolute Gasteiger partial charge is 0.403 e. The number of amides is 1. The molecule has 1 aliphatic carbocycles. The van der Waals surface area contributed by atoms with Crippen molar-refractivity contribution in [3.05, 3.63) is 58.8 Å². The lowest BCUT2D eigenvalue weighted by molar-refractivity contribution is -0.142. The van der Waals surface area contributed by atoms with E-state index < -0.39 is 62.1 Å². The van der Waals surface area contributed by atoms with E-state index in [9.17, 15) is 31.7 Å². The standard InChI is InChI=1S/C22H20F4N6O4S/c1-11-15(18(33)29-12-5-3-6-13(9-12)37(2,27)35)19(32-31-16(11)22(24,25)26)36-20-28-10-14(17(23)30-20)21(34)7-4-8-21/h3,5-6,9-10,27,34H,4,7-8H2,1-2H3,(H,29,33). The normalized spacial score (nSPS) is 16.4. The van der Waals surface area contributed by atoms with E-state index >= 15 is 0 Å². The van der Waals surface area contributed by atoms with E-state index in [4.69, 9.17) is 9.52 Å². The molecule has 196 valence electrons. The second-order valence-electron chi connectivity index (χ2n) is 8.52. The van der Waals surface area contributed by atoms with Gasteiger partial charge in [0.1, 0.15) is 5.56 Å². The summed E-state index contributed by atoms with van der Waals surface area (Å²) in [6.45, 7) is 0.981. The first-order valence-corrected chi connectivity index (χ1v) is 12.7. The molecule has 0 bridgehead atoms. The summed E-state index contributed by atoms with van der Waals surface area (Å²) in [5, 5.41) is 19.2. The first-order chi connectivity index (χ1) is 17.2. The number of hydrogen-bond donors (Lipinski definition) is 3. The molecular weight excluding hydrogens is 520 g/mol. The van der Waals surface area contributed by atoms with Crippen LogP contribution in [-0.4, -0.2) is 41.6 Å². The van der Waals surface area contributed by atoms with Gasteiger partial charge in [-0.1, -0.05) is 6.07 Å². The Balaban J connectivity index is 1.72. The van der Waals surface area contributed by atoms with Gasteiger partial charge in [0.15, 0.2) is 5.69 Å². The lowest BCUT2D eigenvalue weighted by Gasteiger charge is -2.36. The van der Waals surface area contributed by atoms with E-state index in [0.29, 0.717) is 19.3 Å². The number of halogens is 4. The van der Waals surface area contributed by atoms with Gasteiger partial charge in [-0.25, -0.2) is 14.0 Å². The maximum atomic E-state index is 14.6. The first kappa shape index (κ1) is 26.3. The third kappa shape index (κ3) is 5.36. The van der Waals surface area contributed by atoms with Crippen molar-refractivity contribution in [2.24, 2.45) is 0 Å². The lowest BCUT2D eigenvalue weighted by Crippen LogP contribution is -2.35. The number of ether oxygens (including phenoxy) is 1. The molecule has 3 aromatic rings. The van der Waals surface area contributed by atoms with Crippen LogP contribution in [0.5, 0.6) is 11.9 Å². The molecule has 0 spiro atoms. The second-order valence-corrected chi connectivity index (χ2v) is 10.7. The minimum absolute atomic E-state index is 0.0421. The number of benzene rings is 1. The van der Waals surface area contributed by atoms with Crippen LogP contribution < -0.4 is 10.1 Å². The van der Waals surface area contributed by atoms with Crippen LogP contribution in [0.25, 0.3) is 0 Å². The Bertz CT molecular complexity index is 1490. The zero-order valence-electron chi connectivity index (χ0n) is 19.4. The summed E-state index contributed by atoms with van der Waals surface area (Å²) >= 11 is 0. The third-order valence-electron chi connectivity index (χ3n) is 5.81. The number of aliphatic hydroxyl groups is 1. The van der Waals surface area contributed by atoms with Crippen molar-refractivity contribution in [3.8, 4) is 11.9 Å². The van der Waals surface area contributed by atoms with Gasteiger partial charge in [-0.05, 0) is 49.9 Å². The maximum absolute atomic E-state index is 14.6. The van der Waals surface area contributed by atoms with Crippen LogP contribution in [0, 0.1) is 17.7 Å². The Hall–Kier alpha value is -3.72. The molecule has 1 fully saturated rings. The topological polar surface area (TPSA) is 151 Å². The molecule has 1 unspecified atom stereocenters. The number of carbonyl (C=O) groups is 1. The van der Waals surface area contributed by atoms with Crippen LogP contribution in [0.3, 0.4) is 0 Å². The molecule has 2 aromatic heterocycles. The summed E-state index contributed by atoms with van der Waals surface area (Å²) in [6, 6.07) is 4.76. The van der Waals surface area contributed by atoms with Crippen molar-refractivity contribution in [1.29, 1.82) is 4.78 Å². The van der Waals surface area contributed by atoms with Crippen LogP contribution in [0.15, 0.2) is 35.4 Å². The Kier molecular flexibility index (Phi) is 6.62. The monoisotopic (exact) mass is 540 g/mol. The zero-order valence-corrected chi connectivity index (χ0v) is 20.2. The highest BCUT2D eigenvalue weighted by Crippen LogP contribution is 2.42. The second kappa shape index (κ2) is 9.30. The van der Waals surface area contributed by atoms with E-state index in [1.165, 1.54) is 30.5 Å². The molecule has 0 aliphatic heterocycles. The fraction of sp³-hybridized carbons (Fsp3) is 0.318. The first-order valence-electron chi connectivity index (χ1n) is 10.7. The van der Waals surface area contributed by atoms with Gasteiger partial charge in [-0.2, -0.15) is 22.5 Å². The van der Waals surface area contributed by atoms with Gasteiger partial charge in [-0.3, -0.25) is 4.79 Å². The molecule has 10 nitrogen and oxygen atoms in total. The number of hydrogen-bond acceptors (Lipinski definition) is 9. The van der Waals surface area contributed by atoms with Crippen molar-refractivity contribution in [3.63, 3.8) is 0 Å². The highest BCUT2D eigenvalue weighted by Gasteiger charge is 2.40. The predicted molar refractivity (Wildman–Crippen MR) is 121 cm³/mol. The summed E-state index contributed by atoms with van der Waals surface area (Å²) < 4.78 is 80.0. The molecule has 0 saturated heterocycles. The zero-order chi connectivity index (χ0) is 27.2.